The van der Waals surface area contributed by atoms with Crippen molar-refractivity contribution in [1.29, 1.82) is 0 Å². The summed E-state index contributed by atoms with van der Waals surface area (Å²) >= 11 is 0. The molecule has 0 bridgehead atoms. The summed E-state index contributed by atoms with van der Waals surface area (Å²) in [6, 6.07) is 4.16. The van der Waals surface area contributed by atoms with Crippen LogP contribution in [0.3, 0.4) is 0 Å². The predicted molar refractivity (Wildman–Crippen MR) is 132 cm³/mol. The average Bonchev–Trinajstić information content (AvgIpc) is 3.40. The Balaban J connectivity index is 1.65. The van der Waals surface area contributed by atoms with Crippen LogP contribution in [-0.2, 0) is 17.8 Å². The second kappa shape index (κ2) is 9.94. The summed E-state index contributed by atoms with van der Waals surface area (Å²) in [6.07, 6.45) is 3.90. The highest BCUT2D eigenvalue weighted by molar-refractivity contribution is 5.77. The lowest BCUT2D eigenvalue weighted by atomic mass is 9.95. The molecule has 3 heterocycles. The second-order valence-corrected chi connectivity index (χ2v) is 9.06. The largest absolute Gasteiger partial charge is 0.371 e. The molecule has 1 aromatic carbocycles. The van der Waals surface area contributed by atoms with Gasteiger partial charge in [0.1, 0.15) is 35.4 Å². The number of allylic oxidation sites excluding steroid dienone is 2. The van der Waals surface area contributed by atoms with Crippen LogP contribution in [0.2, 0.25) is 0 Å². The van der Waals surface area contributed by atoms with E-state index in [0.29, 0.717) is 29.6 Å². The molecule has 5 rings (SSSR count). The van der Waals surface area contributed by atoms with Gasteiger partial charge in [-0.15, -0.1) is 0 Å². The van der Waals surface area contributed by atoms with Crippen LogP contribution in [0.1, 0.15) is 6.92 Å². The number of halogens is 3. The Kier molecular flexibility index (Phi) is 6.69. The van der Waals surface area contributed by atoms with Crippen molar-refractivity contribution in [3.63, 3.8) is 0 Å². The molecule has 2 unspecified atom stereocenters. The van der Waals surface area contributed by atoms with E-state index < -0.39 is 35.2 Å². The van der Waals surface area contributed by atoms with Crippen molar-refractivity contribution in [2.24, 2.45) is 5.92 Å². The molecule has 0 radical (unpaired) electrons. The quantitative estimate of drug-likeness (QED) is 0.359. The molecule has 0 fully saturated rings. The number of likely N-dealkylation sites (N-methyl/N-ethyl adjacent to an activating group) is 1. The maximum Gasteiger partial charge on any atom is 0.330 e. The number of ether oxygens (including phenoxy) is 1. The molecule has 0 N–H and O–H groups in total. The van der Waals surface area contributed by atoms with Gasteiger partial charge in [0.15, 0.2) is 5.65 Å². The van der Waals surface area contributed by atoms with Crippen LogP contribution in [0.15, 0.2) is 59.3 Å². The zero-order valence-corrected chi connectivity index (χ0v) is 20.6. The molecule has 0 amide bonds. The Morgan fingerprint density at radius 2 is 1.84 bits per heavy atom. The minimum absolute atomic E-state index is 0.159. The second-order valence-electron chi connectivity index (χ2n) is 9.06. The lowest BCUT2D eigenvalue weighted by Crippen LogP contribution is -2.35. The van der Waals surface area contributed by atoms with E-state index in [1.807, 2.05) is 19.0 Å². The third-order valence-corrected chi connectivity index (χ3v) is 6.36. The summed E-state index contributed by atoms with van der Waals surface area (Å²) in [6.45, 7) is 2.56. The van der Waals surface area contributed by atoms with Gasteiger partial charge in [-0.2, -0.15) is 4.98 Å². The molecule has 194 valence electrons. The molecule has 1 aliphatic carbocycles. The average molecular weight is 514 g/mol. The third-order valence-electron chi connectivity index (χ3n) is 6.36. The molecular formula is C25H26F3N7O2. The van der Waals surface area contributed by atoms with Crippen LogP contribution in [0.4, 0.5) is 13.2 Å². The van der Waals surface area contributed by atoms with Crippen molar-refractivity contribution >= 4 is 22.2 Å². The summed E-state index contributed by atoms with van der Waals surface area (Å²) in [4.78, 5) is 28.8. The van der Waals surface area contributed by atoms with Crippen LogP contribution in [0, 0.1) is 11.7 Å². The number of imidazole rings is 2. The molecule has 37 heavy (non-hydrogen) atoms. The highest BCUT2D eigenvalue weighted by Crippen LogP contribution is 2.32. The van der Waals surface area contributed by atoms with Crippen molar-refractivity contribution in [1.82, 2.24) is 33.6 Å². The van der Waals surface area contributed by atoms with E-state index >= 15 is 0 Å². The van der Waals surface area contributed by atoms with Crippen molar-refractivity contribution < 1.29 is 17.9 Å². The van der Waals surface area contributed by atoms with E-state index in [-0.39, 0.29) is 24.7 Å². The van der Waals surface area contributed by atoms with Gasteiger partial charge in [0.2, 0.25) is 5.95 Å². The normalized spacial score (nSPS) is 18.1. The summed E-state index contributed by atoms with van der Waals surface area (Å²) in [7, 11) is 3.76. The molecule has 9 nitrogen and oxygen atoms in total. The van der Waals surface area contributed by atoms with E-state index in [1.54, 1.807) is 13.0 Å². The number of rotatable bonds is 8. The molecule has 0 spiro atoms. The van der Waals surface area contributed by atoms with Gasteiger partial charge < -0.3 is 9.64 Å². The van der Waals surface area contributed by atoms with Crippen molar-refractivity contribution in [2.45, 2.75) is 26.1 Å². The van der Waals surface area contributed by atoms with Crippen LogP contribution >= 0.6 is 0 Å². The lowest BCUT2D eigenvalue weighted by molar-refractivity contribution is 0.0277. The van der Waals surface area contributed by atoms with Crippen molar-refractivity contribution in [2.75, 3.05) is 27.2 Å². The number of benzene rings is 1. The summed E-state index contributed by atoms with van der Waals surface area (Å²) in [5.41, 5.74) is 1.25. The number of hydrogen-bond donors (Lipinski definition) is 0. The molecule has 1 aliphatic rings. The highest BCUT2D eigenvalue weighted by Gasteiger charge is 2.34. The summed E-state index contributed by atoms with van der Waals surface area (Å²) < 4.78 is 53.3. The van der Waals surface area contributed by atoms with E-state index in [2.05, 4.69) is 15.0 Å². The Hall–Kier alpha value is -3.77. The van der Waals surface area contributed by atoms with Crippen LogP contribution in [-0.4, -0.2) is 66.9 Å². The van der Waals surface area contributed by atoms with Gasteiger partial charge in [-0.25, -0.2) is 27.9 Å². The van der Waals surface area contributed by atoms with Crippen molar-refractivity contribution in [3.8, 4) is 5.95 Å². The Morgan fingerprint density at radius 1 is 1.05 bits per heavy atom. The van der Waals surface area contributed by atoms with E-state index in [9.17, 15) is 18.0 Å². The molecule has 4 aromatic rings. The van der Waals surface area contributed by atoms with Gasteiger partial charge in [0.05, 0.1) is 23.1 Å². The van der Waals surface area contributed by atoms with Gasteiger partial charge in [-0.3, -0.25) is 13.7 Å². The van der Waals surface area contributed by atoms with Crippen molar-refractivity contribution in [3.05, 3.63) is 70.8 Å². The Labute approximate surface area is 210 Å². The predicted octanol–water partition coefficient (Wildman–Crippen LogP) is 3.37. The van der Waals surface area contributed by atoms with Gasteiger partial charge in [0.25, 0.3) is 0 Å². The minimum atomic E-state index is -1.16. The molecule has 0 aliphatic heterocycles. The molecule has 3 aromatic heterocycles. The zero-order valence-electron chi connectivity index (χ0n) is 20.6. The Morgan fingerprint density at radius 3 is 2.59 bits per heavy atom. The third kappa shape index (κ3) is 4.58. The fourth-order valence-corrected chi connectivity index (χ4v) is 4.49. The monoisotopic (exact) mass is 513 g/mol. The SMILES string of the molecule is CCOC1C(F)=CC=C(F)C1Cn1c(=O)n(CCN(C)C)c2cnc(-n3cnc4ccc(F)cc43)nc21. The fourth-order valence-electron chi connectivity index (χ4n) is 4.49. The summed E-state index contributed by atoms with van der Waals surface area (Å²) in [5, 5.41) is 0. The standard InChI is InChI=1S/C25H26F3N7O2/c1-4-37-22-16(17(27)6-7-18(22)28)13-34-23-21(33(25(34)36)10-9-32(2)3)12-29-24(31-23)35-14-30-19-8-5-15(26)11-20(19)35/h5-8,11-12,14,16,22H,4,9-10,13H2,1-3H3. The number of hydrogen-bond acceptors (Lipinski definition) is 6. The Bertz CT molecular complexity index is 1580. The van der Waals surface area contributed by atoms with Gasteiger partial charge in [-0.05, 0) is 45.3 Å². The first kappa shape index (κ1) is 24.9. The molecule has 12 heteroatoms. The first-order chi connectivity index (χ1) is 17.8. The number of aromatic nitrogens is 6. The van der Waals surface area contributed by atoms with Gasteiger partial charge in [0, 0.05) is 32.3 Å². The van der Waals surface area contributed by atoms with Crippen LogP contribution in [0.25, 0.3) is 28.1 Å². The maximum atomic E-state index is 14.9. The maximum absolute atomic E-state index is 14.9. The summed E-state index contributed by atoms with van der Waals surface area (Å²) in [5.74, 6) is -2.55. The molecular weight excluding hydrogens is 487 g/mol. The number of fused-ring (bicyclic) bond motifs is 2. The topological polar surface area (TPSA) is 83.0 Å². The minimum Gasteiger partial charge on any atom is -0.371 e. The first-order valence-corrected chi connectivity index (χ1v) is 11.9. The van der Waals surface area contributed by atoms with E-state index in [4.69, 9.17) is 4.74 Å². The fraction of sp³-hybridized carbons (Fsp3) is 0.360. The number of nitrogens with zero attached hydrogens (tertiary/aromatic N) is 7. The highest BCUT2D eigenvalue weighted by atomic mass is 19.1. The first-order valence-electron chi connectivity index (χ1n) is 11.9. The van der Waals surface area contributed by atoms with Gasteiger partial charge in [-0.1, -0.05) is 0 Å². The lowest BCUT2D eigenvalue weighted by Gasteiger charge is -2.27. The molecule has 2 atom stereocenters. The molecule has 0 saturated heterocycles. The van der Waals surface area contributed by atoms with Crippen LogP contribution in [0.5, 0.6) is 0 Å². The van der Waals surface area contributed by atoms with Gasteiger partial charge >= 0.3 is 5.69 Å². The van der Waals surface area contributed by atoms with E-state index in [0.717, 1.165) is 12.2 Å². The van der Waals surface area contributed by atoms with Crippen LogP contribution < -0.4 is 5.69 Å². The van der Waals surface area contributed by atoms with E-state index in [1.165, 1.54) is 38.4 Å². The molecule has 0 saturated carbocycles. The zero-order chi connectivity index (χ0) is 26.3. The smallest absolute Gasteiger partial charge is 0.330 e.